The molecule has 18 heavy (non-hydrogen) atoms. The second-order valence-electron chi connectivity index (χ2n) is 4.23. The Balaban J connectivity index is 2.25. The van der Waals surface area contributed by atoms with E-state index >= 15 is 0 Å². The number of hydrogen-bond donors (Lipinski definition) is 3. The van der Waals surface area contributed by atoms with Gasteiger partial charge in [-0.15, -0.1) is 0 Å². The van der Waals surface area contributed by atoms with Crippen LogP contribution in [0.5, 0.6) is 5.75 Å². The van der Waals surface area contributed by atoms with Crippen LogP contribution in [0.25, 0.3) is 0 Å². The first-order valence-electron chi connectivity index (χ1n) is 5.98. The monoisotopic (exact) mass is 251 g/mol. The first-order chi connectivity index (χ1) is 8.67. The minimum atomic E-state index is 0.0332. The molecule has 0 saturated heterocycles. The average Bonchev–Trinajstić information content (AvgIpc) is 2.43. The molecule has 0 amide bonds. The molecule has 1 rings (SSSR count). The lowest BCUT2D eigenvalue weighted by Gasteiger charge is -2.11. The van der Waals surface area contributed by atoms with E-state index in [0.717, 1.165) is 18.7 Å². The molecule has 0 spiro atoms. The summed E-state index contributed by atoms with van der Waals surface area (Å²) in [6, 6.07) is 8.00. The highest BCUT2D eigenvalue weighted by atomic mass is 16.5. The quantitative estimate of drug-likeness (QED) is 0.224. The molecule has 0 radical (unpaired) electrons. The smallest absolute Gasteiger partial charge is 0.143 e. The molecule has 0 fully saturated rings. The lowest BCUT2D eigenvalue weighted by molar-refractivity contribution is 0.314. The number of rotatable bonds is 7. The largest absolute Gasteiger partial charge is 0.497 e. The van der Waals surface area contributed by atoms with Gasteiger partial charge in [0.15, 0.2) is 0 Å². The van der Waals surface area contributed by atoms with Gasteiger partial charge in [0.25, 0.3) is 0 Å². The minimum Gasteiger partial charge on any atom is -0.497 e. The summed E-state index contributed by atoms with van der Waals surface area (Å²) in [6.07, 6.45) is 0.937. The molecular weight excluding hydrogens is 230 g/mol. The summed E-state index contributed by atoms with van der Waals surface area (Å²) in [7, 11) is 1.66. The molecule has 5 heteroatoms. The van der Waals surface area contributed by atoms with Gasteiger partial charge in [-0.05, 0) is 30.7 Å². The summed E-state index contributed by atoms with van der Waals surface area (Å²) >= 11 is 0. The Morgan fingerprint density at radius 2 is 2.11 bits per heavy atom. The molecule has 1 unspecified atom stereocenters. The van der Waals surface area contributed by atoms with Crippen molar-refractivity contribution in [1.29, 1.82) is 0 Å². The third kappa shape index (κ3) is 4.63. The van der Waals surface area contributed by atoms with Gasteiger partial charge >= 0.3 is 0 Å². The number of methoxy groups -OCH3 is 1. The van der Waals surface area contributed by atoms with Gasteiger partial charge in [0.05, 0.1) is 7.11 Å². The Kier molecular flexibility index (Phi) is 6.00. The molecule has 0 bridgehead atoms. The Bertz CT molecular complexity index is 376. The lowest BCUT2D eigenvalue weighted by Crippen LogP contribution is -2.32. The summed E-state index contributed by atoms with van der Waals surface area (Å²) in [4.78, 5) is 0. The maximum absolute atomic E-state index is 8.51. The van der Waals surface area contributed by atoms with E-state index in [-0.39, 0.29) is 11.8 Å². The summed E-state index contributed by atoms with van der Waals surface area (Å²) in [5.41, 5.74) is 6.74. The number of oxime groups is 1. The first kappa shape index (κ1) is 14.3. The predicted octanol–water partition coefficient (Wildman–Crippen LogP) is 1.21. The molecule has 5 nitrogen and oxygen atoms in total. The van der Waals surface area contributed by atoms with Crippen molar-refractivity contribution in [2.45, 2.75) is 13.3 Å². The Morgan fingerprint density at radius 1 is 1.44 bits per heavy atom. The van der Waals surface area contributed by atoms with E-state index < -0.39 is 0 Å². The van der Waals surface area contributed by atoms with E-state index in [0.29, 0.717) is 6.54 Å². The van der Waals surface area contributed by atoms with Crippen LogP contribution in [0.15, 0.2) is 29.4 Å². The second-order valence-corrected chi connectivity index (χ2v) is 4.23. The van der Waals surface area contributed by atoms with Gasteiger partial charge in [0.2, 0.25) is 0 Å². The van der Waals surface area contributed by atoms with Crippen LogP contribution in [0, 0.1) is 5.92 Å². The molecule has 1 aromatic rings. The van der Waals surface area contributed by atoms with Crippen LogP contribution in [0.4, 0.5) is 0 Å². The summed E-state index contributed by atoms with van der Waals surface area (Å²) < 4.78 is 5.10. The number of nitrogens with zero attached hydrogens (tertiary/aromatic N) is 1. The Labute approximate surface area is 108 Å². The first-order valence-corrected chi connectivity index (χ1v) is 5.98. The van der Waals surface area contributed by atoms with Crippen molar-refractivity contribution in [3.8, 4) is 5.75 Å². The normalized spacial score (nSPS) is 13.3. The van der Waals surface area contributed by atoms with Gasteiger partial charge in [-0.3, -0.25) is 0 Å². The molecule has 0 aliphatic heterocycles. The van der Waals surface area contributed by atoms with Crippen molar-refractivity contribution >= 4 is 5.84 Å². The lowest BCUT2D eigenvalue weighted by atomic mass is 10.1. The van der Waals surface area contributed by atoms with Gasteiger partial charge in [-0.1, -0.05) is 24.2 Å². The van der Waals surface area contributed by atoms with Crippen molar-refractivity contribution < 1.29 is 9.94 Å². The second kappa shape index (κ2) is 7.55. The molecule has 1 aromatic carbocycles. The van der Waals surface area contributed by atoms with Crippen molar-refractivity contribution in [3.05, 3.63) is 29.8 Å². The van der Waals surface area contributed by atoms with E-state index in [4.69, 9.17) is 15.7 Å². The predicted molar refractivity (Wildman–Crippen MR) is 72.1 cm³/mol. The molecule has 0 aromatic heterocycles. The Morgan fingerprint density at radius 3 is 2.67 bits per heavy atom. The van der Waals surface area contributed by atoms with E-state index in [2.05, 4.69) is 10.5 Å². The third-order valence-electron chi connectivity index (χ3n) is 2.82. The minimum absolute atomic E-state index is 0.0332. The fourth-order valence-corrected chi connectivity index (χ4v) is 1.55. The fourth-order valence-electron chi connectivity index (χ4n) is 1.55. The molecule has 0 saturated carbocycles. The van der Waals surface area contributed by atoms with Crippen LogP contribution < -0.4 is 15.8 Å². The van der Waals surface area contributed by atoms with Crippen LogP contribution in [-0.2, 0) is 6.42 Å². The molecule has 1 atom stereocenters. The van der Waals surface area contributed by atoms with Gasteiger partial charge < -0.3 is 21.0 Å². The van der Waals surface area contributed by atoms with Crippen molar-refractivity contribution in [3.63, 3.8) is 0 Å². The highest BCUT2D eigenvalue weighted by molar-refractivity contribution is 5.82. The zero-order valence-electron chi connectivity index (χ0n) is 10.9. The van der Waals surface area contributed by atoms with E-state index in [1.165, 1.54) is 5.56 Å². The standard InChI is InChI=1S/C13H21N3O2/c1-10(13(14)16-17)9-15-8-7-11-3-5-12(18-2)6-4-11/h3-6,10,15,17H,7-9H2,1-2H3,(H2,14,16). The number of amidine groups is 1. The number of nitrogens with two attached hydrogens (primary N) is 1. The van der Waals surface area contributed by atoms with Gasteiger partial charge in [-0.2, -0.15) is 0 Å². The van der Waals surface area contributed by atoms with E-state index in [1.54, 1.807) is 7.11 Å². The number of hydrogen-bond acceptors (Lipinski definition) is 4. The highest BCUT2D eigenvalue weighted by Gasteiger charge is 2.06. The zero-order valence-corrected chi connectivity index (χ0v) is 10.9. The van der Waals surface area contributed by atoms with Crippen molar-refractivity contribution in [2.75, 3.05) is 20.2 Å². The third-order valence-corrected chi connectivity index (χ3v) is 2.82. The molecule has 0 heterocycles. The van der Waals surface area contributed by atoms with E-state index in [1.807, 2.05) is 31.2 Å². The summed E-state index contributed by atoms with van der Waals surface area (Å²) in [6.45, 7) is 3.47. The van der Waals surface area contributed by atoms with Crippen LogP contribution in [0.2, 0.25) is 0 Å². The molecule has 100 valence electrons. The van der Waals surface area contributed by atoms with Crippen molar-refractivity contribution in [2.24, 2.45) is 16.8 Å². The number of ether oxygens (including phenoxy) is 1. The Hall–Kier alpha value is -1.75. The summed E-state index contributed by atoms with van der Waals surface area (Å²) in [5.74, 6) is 1.16. The van der Waals surface area contributed by atoms with Crippen LogP contribution >= 0.6 is 0 Å². The average molecular weight is 251 g/mol. The fraction of sp³-hybridized carbons (Fsp3) is 0.462. The maximum Gasteiger partial charge on any atom is 0.143 e. The summed E-state index contributed by atoms with van der Waals surface area (Å²) in [5, 5.41) is 14.8. The SMILES string of the molecule is COc1ccc(CCNCC(C)C(N)=NO)cc1. The molecular formula is C13H21N3O2. The topological polar surface area (TPSA) is 79.9 Å². The van der Waals surface area contributed by atoms with Gasteiger partial charge in [-0.25, -0.2) is 0 Å². The number of benzene rings is 1. The highest BCUT2D eigenvalue weighted by Crippen LogP contribution is 2.11. The molecule has 0 aliphatic carbocycles. The van der Waals surface area contributed by atoms with Crippen LogP contribution in [-0.4, -0.2) is 31.2 Å². The van der Waals surface area contributed by atoms with Crippen LogP contribution in [0.1, 0.15) is 12.5 Å². The molecule has 0 aliphatic rings. The van der Waals surface area contributed by atoms with Crippen LogP contribution in [0.3, 0.4) is 0 Å². The van der Waals surface area contributed by atoms with Gasteiger partial charge in [0, 0.05) is 12.5 Å². The number of nitrogens with one attached hydrogen (secondary N) is 1. The zero-order chi connectivity index (χ0) is 13.4. The van der Waals surface area contributed by atoms with Gasteiger partial charge in [0.1, 0.15) is 11.6 Å². The van der Waals surface area contributed by atoms with Crippen molar-refractivity contribution in [1.82, 2.24) is 5.32 Å². The maximum atomic E-state index is 8.51. The molecule has 4 N–H and O–H groups in total. The van der Waals surface area contributed by atoms with E-state index in [9.17, 15) is 0 Å².